The van der Waals surface area contributed by atoms with Crippen LogP contribution in [0, 0.1) is 5.92 Å². The molecule has 0 N–H and O–H groups in total. The minimum atomic E-state index is -0.0574. The van der Waals surface area contributed by atoms with Crippen molar-refractivity contribution in [3.63, 3.8) is 0 Å². The van der Waals surface area contributed by atoms with Crippen LogP contribution in [0.1, 0.15) is 63.2 Å². The second kappa shape index (κ2) is 7.55. The molecule has 3 heterocycles. The lowest BCUT2D eigenvalue weighted by Gasteiger charge is -2.33. The van der Waals surface area contributed by atoms with E-state index in [1.54, 1.807) is 16.2 Å². The molecule has 0 aromatic carbocycles. The Hall–Kier alpha value is -1.62. The third-order valence-corrected chi connectivity index (χ3v) is 7.04. The Morgan fingerprint density at radius 2 is 1.65 bits per heavy atom. The van der Waals surface area contributed by atoms with Gasteiger partial charge in [0.15, 0.2) is 0 Å². The van der Waals surface area contributed by atoms with E-state index < -0.39 is 0 Å². The maximum absolute atomic E-state index is 13.4. The van der Waals surface area contributed by atoms with Crippen molar-refractivity contribution in [3.8, 4) is 0 Å². The summed E-state index contributed by atoms with van der Waals surface area (Å²) in [5.41, 5.74) is 1.33. The number of nitrogens with zero attached hydrogens (tertiary/aromatic N) is 2. The van der Waals surface area contributed by atoms with Crippen molar-refractivity contribution in [1.29, 1.82) is 0 Å². The van der Waals surface area contributed by atoms with Crippen molar-refractivity contribution in [2.75, 3.05) is 13.1 Å². The second-order valence-electron chi connectivity index (χ2n) is 8.00. The van der Waals surface area contributed by atoms with Gasteiger partial charge in [-0.25, -0.2) is 0 Å². The van der Waals surface area contributed by atoms with Crippen LogP contribution in [0.3, 0.4) is 0 Å². The van der Waals surface area contributed by atoms with Crippen LogP contribution < -0.4 is 0 Å². The molecule has 1 aromatic rings. The van der Waals surface area contributed by atoms with Crippen LogP contribution in [0.25, 0.3) is 5.57 Å². The standard InChI is InChI=1S/C21H28N2O2S/c1-15-10-12-22(13-11-15)19-18(17-9-6-14-26-17)20(24)23(21(19)25)16-7-4-2-3-5-8-16/h6,9,14-16H,2-5,7-8,10-13H2,1H3. The highest BCUT2D eigenvalue weighted by atomic mass is 32.1. The topological polar surface area (TPSA) is 40.6 Å². The van der Waals surface area contributed by atoms with Crippen LogP contribution in [-0.2, 0) is 9.59 Å². The fourth-order valence-electron chi connectivity index (χ4n) is 4.55. The van der Waals surface area contributed by atoms with Gasteiger partial charge in [0.1, 0.15) is 5.70 Å². The van der Waals surface area contributed by atoms with Crippen molar-refractivity contribution < 1.29 is 9.59 Å². The average Bonchev–Trinajstić information content (AvgIpc) is 3.14. The molecule has 0 spiro atoms. The predicted octanol–water partition coefficient (Wildman–Crippen LogP) is 4.28. The Balaban J connectivity index is 1.69. The van der Waals surface area contributed by atoms with Gasteiger partial charge in [-0.1, -0.05) is 38.7 Å². The van der Waals surface area contributed by atoms with E-state index in [4.69, 9.17) is 0 Å². The smallest absolute Gasteiger partial charge is 0.278 e. The highest BCUT2D eigenvalue weighted by Crippen LogP contribution is 2.38. The highest BCUT2D eigenvalue weighted by Gasteiger charge is 2.45. The number of hydrogen-bond donors (Lipinski definition) is 0. The monoisotopic (exact) mass is 372 g/mol. The number of rotatable bonds is 3. The van der Waals surface area contributed by atoms with E-state index in [1.807, 2.05) is 17.5 Å². The number of likely N-dealkylation sites (tertiary alicyclic amines) is 1. The Labute approximate surface area is 159 Å². The Morgan fingerprint density at radius 1 is 0.962 bits per heavy atom. The third kappa shape index (κ3) is 3.22. The molecule has 4 rings (SSSR count). The lowest BCUT2D eigenvalue weighted by Crippen LogP contribution is -2.43. The van der Waals surface area contributed by atoms with Gasteiger partial charge in [-0.2, -0.15) is 0 Å². The summed E-state index contributed by atoms with van der Waals surface area (Å²) < 4.78 is 0. The van der Waals surface area contributed by atoms with E-state index >= 15 is 0 Å². The predicted molar refractivity (Wildman–Crippen MR) is 105 cm³/mol. The van der Waals surface area contributed by atoms with Crippen molar-refractivity contribution in [2.24, 2.45) is 5.92 Å². The molecule has 1 saturated carbocycles. The van der Waals surface area contributed by atoms with Gasteiger partial charge >= 0.3 is 0 Å². The highest BCUT2D eigenvalue weighted by molar-refractivity contribution is 7.11. The fraction of sp³-hybridized carbons (Fsp3) is 0.619. The van der Waals surface area contributed by atoms with Gasteiger partial charge < -0.3 is 4.90 Å². The Bertz CT molecular complexity index is 694. The fourth-order valence-corrected chi connectivity index (χ4v) is 5.31. The molecule has 1 aromatic heterocycles. The average molecular weight is 373 g/mol. The number of hydrogen-bond acceptors (Lipinski definition) is 4. The largest absolute Gasteiger partial charge is 0.366 e. The first-order valence-electron chi connectivity index (χ1n) is 10.1. The van der Waals surface area contributed by atoms with Gasteiger partial charge in [0.25, 0.3) is 11.8 Å². The van der Waals surface area contributed by atoms with E-state index in [0.717, 1.165) is 56.5 Å². The molecule has 26 heavy (non-hydrogen) atoms. The maximum Gasteiger partial charge on any atom is 0.278 e. The lowest BCUT2D eigenvalue weighted by molar-refractivity contribution is -0.140. The van der Waals surface area contributed by atoms with Gasteiger partial charge in [-0.15, -0.1) is 11.3 Å². The van der Waals surface area contributed by atoms with Crippen molar-refractivity contribution in [2.45, 2.75) is 64.3 Å². The first-order chi connectivity index (χ1) is 12.7. The third-order valence-electron chi connectivity index (χ3n) is 6.15. The van der Waals surface area contributed by atoms with Crippen LogP contribution in [0.2, 0.25) is 0 Å². The van der Waals surface area contributed by atoms with Crippen LogP contribution in [0.5, 0.6) is 0 Å². The molecule has 2 fully saturated rings. The number of carbonyl (C=O) groups is 2. The van der Waals surface area contributed by atoms with Crippen LogP contribution in [0.15, 0.2) is 23.2 Å². The minimum absolute atomic E-state index is 0.0418. The van der Waals surface area contributed by atoms with Crippen molar-refractivity contribution >= 4 is 28.7 Å². The quantitative estimate of drug-likeness (QED) is 0.587. The summed E-state index contributed by atoms with van der Waals surface area (Å²) in [6.07, 6.45) is 8.76. The van der Waals surface area contributed by atoms with Crippen molar-refractivity contribution in [1.82, 2.24) is 9.80 Å². The maximum atomic E-state index is 13.4. The molecule has 2 amide bonds. The molecule has 0 unspecified atom stereocenters. The van der Waals surface area contributed by atoms with Crippen LogP contribution in [-0.4, -0.2) is 40.7 Å². The molecule has 3 aliphatic rings. The SMILES string of the molecule is CC1CCN(C2=C(c3cccs3)C(=O)N(C3CCCCCC3)C2=O)CC1. The summed E-state index contributed by atoms with van der Waals surface area (Å²) in [6.45, 7) is 4.02. The van der Waals surface area contributed by atoms with E-state index in [2.05, 4.69) is 11.8 Å². The van der Waals surface area contributed by atoms with Gasteiger partial charge in [-0.3, -0.25) is 14.5 Å². The number of carbonyl (C=O) groups excluding carboxylic acids is 2. The van der Waals surface area contributed by atoms with Gasteiger partial charge in [0.2, 0.25) is 0 Å². The molecule has 0 atom stereocenters. The summed E-state index contributed by atoms with van der Waals surface area (Å²) in [6, 6.07) is 4.03. The van der Waals surface area contributed by atoms with Crippen LogP contribution >= 0.6 is 11.3 Å². The van der Waals surface area contributed by atoms with E-state index in [0.29, 0.717) is 17.2 Å². The minimum Gasteiger partial charge on any atom is -0.366 e. The summed E-state index contributed by atoms with van der Waals surface area (Å²) >= 11 is 1.56. The number of thiophene rings is 1. The van der Waals surface area contributed by atoms with Gasteiger partial charge in [0, 0.05) is 24.0 Å². The lowest BCUT2D eigenvalue weighted by atomic mass is 9.98. The summed E-state index contributed by atoms with van der Waals surface area (Å²) in [4.78, 5) is 31.5. The van der Waals surface area contributed by atoms with Crippen LogP contribution in [0.4, 0.5) is 0 Å². The van der Waals surface area contributed by atoms with E-state index in [1.165, 1.54) is 12.8 Å². The Kier molecular flexibility index (Phi) is 5.16. The molecule has 1 aliphatic carbocycles. The first-order valence-corrected chi connectivity index (χ1v) is 11.0. The Morgan fingerprint density at radius 3 is 2.27 bits per heavy atom. The molecular formula is C21H28N2O2S. The molecule has 0 bridgehead atoms. The normalized spacial score (nSPS) is 23.9. The number of piperidine rings is 1. The number of imide groups is 1. The summed E-state index contributed by atoms with van der Waals surface area (Å²) in [5, 5.41) is 1.99. The number of amides is 2. The van der Waals surface area contributed by atoms with E-state index in [9.17, 15) is 9.59 Å². The zero-order valence-corrected chi connectivity index (χ0v) is 16.4. The van der Waals surface area contributed by atoms with E-state index in [-0.39, 0.29) is 17.9 Å². The molecule has 5 heteroatoms. The molecule has 140 valence electrons. The van der Waals surface area contributed by atoms with Crippen molar-refractivity contribution in [3.05, 3.63) is 28.1 Å². The molecule has 1 saturated heterocycles. The zero-order valence-electron chi connectivity index (χ0n) is 15.6. The molecule has 2 aliphatic heterocycles. The first kappa shape index (κ1) is 17.8. The second-order valence-corrected chi connectivity index (χ2v) is 8.94. The molecular weight excluding hydrogens is 344 g/mol. The summed E-state index contributed by atoms with van der Waals surface area (Å²) in [7, 11) is 0. The molecule has 0 radical (unpaired) electrons. The van der Waals surface area contributed by atoms with Gasteiger partial charge in [0.05, 0.1) is 5.57 Å². The van der Waals surface area contributed by atoms with Gasteiger partial charge in [-0.05, 0) is 43.0 Å². The zero-order chi connectivity index (χ0) is 18.1. The summed E-state index contributed by atoms with van der Waals surface area (Å²) in [5.74, 6) is 0.597. The molecule has 4 nitrogen and oxygen atoms in total.